The summed E-state index contributed by atoms with van der Waals surface area (Å²) in [5, 5.41) is 15.0. The predicted octanol–water partition coefficient (Wildman–Crippen LogP) is 5.26. The number of ketones is 1. The Morgan fingerprint density at radius 1 is 0.955 bits per heavy atom. The third kappa shape index (κ3) is 5.75. The number of Topliss-reactive ketones (excluding diaryl/α,β-unsaturated/α-hetero) is 1. The summed E-state index contributed by atoms with van der Waals surface area (Å²) in [6, 6.07) is 11.0. The molecule has 0 aromatic heterocycles. The number of fused-ring (bicyclic) bond motifs is 3. The Bertz CT molecular complexity index is 1420. The molecule has 44 heavy (non-hydrogen) atoms. The lowest BCUT2D eigenvalue weighted by Gasteiger charge is -2.58. The molecule has 2 aromatic rings. The van der Waals surface area contributed by atoms with Crippen molar-refractivity contribution in [2.24, 2.45) is 23.2 Å². The second kappa shape index (κ2) is 11.7. The van der Waals surface area contributed by atoms with E-state index in [9.17, 15) is 19.5 Å². The third-order valence-electron chi connectivity index (χ3n) is 10.7. The standard InChI is InChI=1S/C34H40ClN3O6/c1-43-33(42)25-3-2-4-27(15-25)44-28-13-21(12-26(35)16-28)14-30-36-5-7-37(8-6-36)38(30)31(32(40)41)29(39)20-34-17-22-9-23(18-34)11-24(10-22)19-34/h2-4,12-13,15-16,22-24,30-31H,5-11,14,17-20H2,1H3,(H,40,41). The second-order valence-electron chi connectivity index (χ2n) is 13.8. The van der Waals surface area contributed by atoms with E-state index in [-0.39, 0.29) is 17.4 Å². The fourth-order valence-corrected chi connectivity index (χ4v) is 9.72. The molecule has 2 unspecified atom stereocenters. The van der Waals surface area contributed by atoms with Gasteiger partial charge >= 0.3 is 11.9 Å². The molecule has 0 radical (unpaired) electrons. The number of hydrazine groups is 1. The van der Waals surface area contributed by atoms with Crippen LogP contribution in [0.5, 0.6) is 11.5 Å². The van der Waals surface area contributed by atoms with E-state index in [4.69, 9.17) is 21.1 Å². The van der Waals surface area contributed by atoms with Gasteiger partial charge in [-0.15, -0.1) is 0 Å². The summed E-state index contributed by atoms with van der Waals surface area (Å²) in [5.74, 6) is 1.40. The summed E-state index contributed by atoms with van der Waals surface area (Å²) in [7, 11) is 1.33. The van der Waals surface area contributed by atoms with Gasteiger partial charge in [-0.3, -0.25) is 9.69 Å². The minimum Gasteiger partial charge on any atom is -0.480 e. The van der Waals surface area contributed by atoms with E-state index >= 15 is 0 Å². The Balaban J connectivity index is 1.13. The Hall–Kier alpha value is -2.98. The molecule has 0 amide bonds. The van der Waals surface area contributed by atoms with Gasteiger partial charge in [0.15, 0.2) is 11.8 Å². The van der Waals surface area contributed by atoms with Gasteiger partial charge in [0, 0.05) is 44.0 Å². The Kier molecular flexibility index (Phi) is 7.93. The van der Waals surface area contributed by atoms with Gasteiger partial charge in [0.1, 0.15) is 11.5 Å². The lowest BCUT2D eigenvalue weighted by atomic mass is 9.48. The van der Waals surface area contributed by atoms with Crippen LogP contribution >= 0.6 is 11.6 Å². The lowest BCUT2D eigenvalue weighted by Crippen LogP contribution is -2.74. The largest absolute Gasteiger partial charge is 0.480 e. The normalized spacial score (nSPS) is 32.8. The summed E-state index contributed by atoms with van der Waals surface area (Å²) in [4.78, 5) is 41.3. The predicted molar refractivity (Wildman–Crippen MR) is 163 cm³/mol. The number of carboxylic acids is 1. The van der Waals surface area contributed by atoms with Crippen LogP contribution in [0.2, 0.25) is 5.02 Å². The van der Waals surface area contributed by atoms with Crippen molar-refractivity contribution in [1.82, 2.24) is 14.9 Å². The molecule has 7 aliphatic rings. The number of esters is 1. The van der Waals surface area contributed by atoms with Crippen molar-refractivity contribution >= 4 is 29.3 Å². The highest BCUT2D eigenvalue weighted by atomic mass is 35.5. The van der Waals surface area contributed by atoms with Crippen LogP contribution in [0.4, 0.5) is 0 Å². The monoisotopic (exact) mass is 621 g/mol. The first-order valence-corrected chi connectivity index (χ1v) is 16.2. The number of carbonyl (C=O) groups is 3. The van der Waals surface area contributed by atoms with Gasteiger partial charge in [-0.25, -0.2) is 19.6 Å². The molecule has 7 fully saturated rings. The minimum absolute atomic E-state index is 0.0240. The van der Waals surface area contributed by atoms with Gasteiger partial charge in [-0.1, -0.05) is 17.7 Å². The van der Waals surface area contributed by atoms with Gasteiger partial charge in [0.2, 0.25) is 0 Å². The molecule has 2 atom stereocenters. The maximum Gasteiger partial charge on any atom is 0.337 e. The van der Waals surface area contributed by atoms with Crippen LogP contribution in [0, 0.1) is 23.2 Å². The highest BCUT2D eigenvalue weighted by Crippen LogP contribution is 2.61. The molecule has 6 bridgehead atoms. The number of piperazine rings is 1. The smallest absolute Gasteiger partial charge is 0.337 e. The molecule has 3 saturated heterocycles. The fourth-order valence-electron chi connectivity index (χ4n) is 9.47. The van der Waals surface area contributed by atoms with Crippen molar-refractivity contribution in [1.29, 1.82) is 0 Å². The zero-order chi connectivity index (χ0) is 30.6. The molecule has 4 saturated carbocycles. The number of carboxylic acid groups (broad SMARTS) is 1. The third-order valence-corrected chi connectivity index (χ3v) is 10.9. The van der Waals surface area contributed by atoms with E-state index in [0.717, 1.165) is 37.9 Å². The summed E-state index contributed by atoms with van der Waals surface area (Å²) in [6.07, 6.45) is 7.62. The first kappa shape index (κ1) is 29.7. The summed E-state index contributed by atoms with van der Waals surface area (Å²) >= 11 is 6.55. The quantitative estimate of drug-likeness (QED) is 0.281. The van der Waals surface area contributed by atoms with E-state index in [2.05, 4.69) is 9.91 Å². The summed E-state index contributed by atoms with van der Waals surface area (Å²) in [6.45, 7) is 3.01. The van der Waals surface area contributed by atoms with Crippen molar-refractivity contribution < 1.29 is 29.0 Å². The van der Waals surface area contributed by atoms with E-state index in [1.807, 2.05) is 17.1 Å². The van der Waals surface area contributed by atoms with E-state index < -0.39 is 18.0 Å². The SMILES string of the molecule is COC(=O)c1cccc(Oc2cc(Cl)cc(CC3N4CCN(CC4)N3C(C(=O)O)C(=O)CC34CC5CC(CC(C5)C3)C4)c2)c1. The summed E-state index contributed by atoms with van der Waals surface area (Å²) < 4.78 is 10.9. The average molecular weight is 622 g/mol. The number of nitrogens with zero attached hydrogens (tertiary/aromatic N) is 3. The van der Waals surface area contributed by atoms with E-state index in [0.29, 0.717) is 65.8 Å². The average Bonchev–Trinajstić information content (AvgIpc) is 2.97. The van der Waals surface area contributed by atoms with Crippen molar-refractivity contribution in [2.45, 2.75) is 63.6 Å². The van der Waals surface area contributed by atoms with Gasteiger partial charge in [0.05, 0.1) is 18.8 Å². The van der Waals surface area contributed by atoms with E-state index in [1.54, 1.807) is 30.3 Å². The molecule has 0 spiro atoms. The molecule has 9 rings (SSSR count). The number of rotatable bonds is 10. The van der Waals surface area contributed by atoms with Crippen molar-refractivity contribution in [3.05, 3.63) is 58.6 Å². The first-order valence-electron chi connectivity index (χ1n) is 15.9. The van der Waals surface area contributed by atoms with Crippen LogP contribution in [-0.2, 0) is 20.7 Å². The Morgan fingerprint density at radius 3 is 2.27 bits per heavy atom. The number of methoxy groups -OCH3 is 1. The van der Waals surface area contributed by atoms with Crippen LogP contribution in [-0.4, -0.2) is 83.2 Å². The highest BCUT2D eigenvalue weighted by Gasteiger charge is 2.54. The molecular weight excluding hydrogens is 582 g/mol. The molecule has 4 aliphatic carbocycles. The van der Waals surface area contributed by atoms with Gasteiger partial charge < -0.3 is 14.6 Å². The zero-order valence-electron chi connectivity index (χ0n) is 25.1. The van der Waals surface area contributed by atoms with Crippen molar-refractivity contribution in [3.63, 3.8) is 0 Å². The van der Waals surface area contributed by atoms with Gasteiger partial charge in [-0.05, 0) is 104 Å². The number of carbonyl (C=O) groups excluding carboxylic acids is 2. The fraction of sp³-hybridized carbons (Fsp3) is 0.559. The first-order chi connectivity index (χ1) is 21.2. The summed E-state index contributed by atoms with van der Waals surface area (Å²) in [5.41, 5.74) is 1.23. The molecule has 3 heterocycles. The maximum atomic E-state index is 14.1. The minimum atomic E-state index is -1.22. The molecule has 9 nitrogen and oxygen atoms in total. The Morgan fingerprint density at radius 2 is 1.64 bits per heavy atom. The number of halogens is 1. The highest BCUT2D eigenvalue weighted by molar-refractivity contribution is 6.30. The maximum absolute atomic E-state index is 14.1. The topological polar surface area (TPSA) is 99.6 Å². The van der Waals surface area contributed by atoms with Crippen molar-refractivity contribution in [3.8, 4) is 11.5 Å². The van der Waals surface area contributed by atoms with Crippen molar-refractivity contribution in [2.75, 3.05) is 33.3 Å². The van der Waals surface area contributed by atoms with Crippen LogP contribution in [0.3, 0.4) is 0 Å². The molecule has 1 N–H and O–H groups in total. The Labute approximate surface area is 263 Å². The van der Waals surface area contributed by atoms with Crippen LogP contribution in [0.1, 0.15) is 60.9 Å². The molecule has 3 aliphatic heterocycles. The van der Waals surface area contributed by atoms with Crippen LogP contribution in [0.25, 0.3) is 0 Å². The molecule has 10 heteroatoms. The number of ether oxygens (including phenoxy) is 2. The number of benzene rings is 2. The molecule has 234 valence electrons. The number of hydrogen-bond acceptors (Lipinski definition) is 8. The molecule has 2 aromatic carbocycles. The van der Waals surface area contributed by atoms with Crippen LogP contribution in [0.15, 0.2) is 42.5 Å². The van der Waals surface area contributed by atoms with Gasteiger partial charge in [-0.2, -0.15) is 0 Å². The van der Waals surface area contributed by atoms with Crippen LogP contribution < -0.4 is 4.74 Å². The molecular formula is C34H40ClN3O6. The van der Waals surface area contributed by atoms with E-state index in [1.165, 1.54) is 26.4 Å². The van der Waals surface area contributed by atoms with Gasteiger partial charge in [0.25, 0.3) is 0 Å². The zero-order valence-corrected chi connectivity index (χ0v) is 25.9. The number of hydrogen-bond donors (Lipinski definition) is 1. The second-order valence-corrected chi connectivity index (χ2v) is 14.2. The number of aliphatic carboxylic acids is 1. The lowest BCUT2D eigenvalue weighted by molar-refractivity contribution is -0.219.